The van der Waals surface area contributed by atoms with E-state index in [9.17, 15) is 28.8 Å². The number of esters is 1. The lowest BCUT2D eigenvalue weighted by Crippen LogP contribution is -2.61. The van der Waals surface area contributed by atoms with Gasteiger partial charge in [-0.2, -0.15) is 0 Å². The Morgan fingerprint density at radius 3 is 2.12 bits per heavy atom. The van der Waals surface area contributed by atoms with Gasteiger partial charge in [0.05, 0.1) is 13.2 Å². The number of ketones is 1. The van der Waals surface area contributed by atoms with Gasteiger partial charge in [0, 0.05) is 12.6 Å². The van der Waals surface area contributed by atoms with Crippen molar-refractivity contribution < 1.29 is 33.5 Å². The molecule has 5 amide bonds. The number of carbonyl (C=O) groups excluding carboxylic acids is 6. The third-order valence-corrected chi connectivity index (χ3v) is 8.43. The molecule has 3 fully saturated rings. The minimum Gasteiger partial charge on any atom is -0.467 e. The number of methoxy groups -OCH3 is 1. The van der Waals surface area contributed by atoms with Crippen molar-refractivity contribution in [1.82, 2.24) is 26.2 Å². The molecule has 2 aliphatic carbocycles. The smallest absolute Gasteiger partial charge is 0.328 e. The molecule has 0 aromatic carbocycles. The van der Waals surface area contributed by atoms with E-state index in [4.69, 9.17) is 4.74 Å². The summed E-state index contributed by atoms with van der Waals surface area (Å²) in [5.41, 5.74) is -0.702. The van der Waals surface area contributed by atoms with Crippen molar-refractivity contribution in [3.63, 3.8) is 0 Å². The van der Waals surface area contributed by atoms with Gasteiger partial charge in [0.25, 0.3) is 5.91 Å². The Labute approximate surface area is 248 Å². The molecular weight excluding hydrogens is 542 g/mol. The molecule has 1 aliphatic heterocycles. The number of Topliss-reactive ketones (excluding diaryl/α,β-unsaturated/α-hetero) is 1. The molecule has 0 aromatic heterocycles. The number of nitrogens with zero attached hydrogens (tertiary/aromatic N) is 1. The summed E-state index contributed by atoms with van der Waals surface area (Å²) >= 11 is 0. The zero-order valence-corrected chi connectivity index (χ0v) is 25.8. The molecule has 4 atom stereocenters. The van der Waals surface area contributed by atoms with E-state index in [2.05, 4.69) is 21.3 Å². The van der Waals surface area contributed by atoms with Crippen LogP contribution in [0.15, 0.2) is 0 Å². The van der Waals surface area contributed by atoms with Crippen LogP contribution in [-0.2, 0) is 28.7 Å². The van der Waals surface area contributed by atoms with Gasteiger partial charge in [0.1, 0.15) is 18.1 Å². The van der Waals surface area contributed by atoms with Gasteiger partial charge in [-0.15, -0.1) is 0 Å². The van der Waals surface area contributed by atoms with Crippen molar-refractivity contribution in [2.24, 2.45) is 11.3 Å². The van der Waals surface area contributed by atoms with Crippen LogP contribution in [0, 0.1) is 11.3 Å². The summed E-state index contributed by atoms with van der Waals surface area (Å²) in [6.45, 7) is 7.60. The van der Waals surface area contributed by atoms with Crippen LogP contribution >= 0.6 is 0 Å². The molecule has 1 heterocycles. The highest BCUT2D eigenvalue weighted by Gasteiger charge is 2.42. The van der Waals surface area contributed by atoms with E-state index in [1.54, 1.807) is 0 Å². The highest BCUT2D eigenvalue weighted by atomic mass is 16.5. The third-order valence-electron chi connectivity index (χ3n) is 8.43. The van der Waals surface area contributed by atoms with E-state index in [1.165, 1.54) is 12.0 Å². The maximum absolute atomic E-state index is 13.6. The molecule has 2 saturated carbocycles. The van der Waals surface area contributed by atoms with Gasteiger partial charge < -0.3 is 30.9 Å². The number of hydrogen-bond donors (Lipinski definition) is 4. The van der Waals surface area contributed by atoms with Crippen molar-refractivity contribution in [3.8, 4) is 0 Å². The van der Waals surface area contributed by atoms with Gasteiger partial charge in [-0.1, -0.05) is 53.4 Å². The second-order valence-electron chi connectivity index (χ2n) is 13.0. The van der Waals surface area contributed by atoms with Crippen LogP contribution in [0.2, 0.25) is 0 Å². The number of nitrogens with one attached hydrogen (secondary N) is 4. The van der Waals surface area contributed by atoms with E-state index in [-0.39, 0.29) is 12.0 Å². The van der Waals surface area contributed by atoms with Gasteiger partial charge in [-0.3, -0.25) is 19.2 Å². The average molecular weight is 592 g/mol. The number of hydrogen-bond acceptors (Lipinski definition) is 7. The maximum atomic E-state index is 13.6. The second-order valence-corrected chi connectivity index (χ2v) is 13.0. The lowest BCUT2D eigenvalue weighted by molar-refractivity contribution is -0.148. The quantitative estimate of drug-likeness (QED) is 0.199. The molecule has 0 unspecified atom stereocenters. The largest absolute Gasteiger partial charge is 0.467 e. The fourth-order valence-corrected chi connectivity index (χ4v) is 5.83. The molecule has 0 bridgehead atoms. The summed E-state index contributed by atoms with van der Waals surface area (Å²) in [6.07, 6.45) is 8.16. The number of carbonyl (C=O) groups is 6. The van der Waals surface area contributed by atoms with E-state index in [0.29, 0.717) is 32.2 Å². The summed E-state index contributed by atoms with van der Waals surface area (Å²) < 4.78 is 5.00. The van der Waals surface area contributed by atoms with Gasteiger partial charge >= 0.3 is 12.0 Å². The Bertz CT molecular complexity index is 1020. The number of likely N-dealkylation sites (tertiary alicyclic amines) is 1. The zero-order chi connectivity index (χ0) is 31.0. The fourth-order valence-electron chi connectivity index (χ4n) is 5.83. The highest BCUT2D eigenvalue weighted by molar-refractivity contribution is 6.38. The highest BCUT2D eigenvalue weighted by Crippen LogP contribution is 2.28. The van der Waals surface area contributed by atoms with Crippen LogP contribution < -0.4 is 21.3 Å². The predicted molar refractivity (Wildman–Crippen MR) is 155 cm³/mol. The average Bonchev–Trinajstić information content (AvgIpc) is 3.63. The van der Waals surface area contributed by atoms with Gasteiger partial charge in [0.15, 0.2) is 0 Å². The zero-order valence-electron chi connectivity index (χ0n) is 25.8. The van der Waals surface area contributed by atoms with Crippen LogP contribution in [0.4, 0.5) is 4.79 Å². The fraction of sp³-hybridized carbons (Fsp3) is 0.800. The Morgan fingerprint density at radius 1 is 0.881 bits per heavy atom. The SMILES string of the molecule is CCC[C@H](NC(=O)N1CCC[C@H]1C(=O)N[C@H](C(=O)N[C@H](C(=O)OC)C1CCCCC1)C(C)(C)C)C(=O)C(=O)NC1CC1. The molecule has 1 saturated heterocycles. The monoisotopic (exact) mass is 591 g/mol. The topological polar surface area (TPSA) is 163 Å². The van der Waals surface area contributed by atoms with Crippen molar-refractivity contribution in [2.45, 2.75) is 129 Å². The van der Waals surface area contributed by atoms with E-state index >= 15 is 0 Å². The Morgan fingerprint density at radius 2 is 1.55 bits per heavy atom. The van der Waals surface area contributed by atoms with E-state index < -0.39 is 65.1 Å². The van der Waals surface area contributed by atoms with Crippen LogP contribution in [-0.4, -0.2) is 84.3 Å². The van der Waals surface area contributed by atoms with Crippen molar-refractivity contribution >= 4 is 35.5 Å². The molecule has 4 N–H and O–H groups in total. The molecule has 42 heavy (non-hydrogen) atoms. The van der Waals surface area contributed by atoms with Crippen molar-refractivity contribution in [1.29, 1.82) is 0 Å². The third kappa shape index (κ3) is 8.91. The Balaban J connectivity index is 1.68. The molecule has 3 aliphatic rings. The van der Waals surface area contributed by atoms with Gasteiger partial charge in [0.2, 0.25) is 17.6 Å². The number of amides is 5. The van der Waals surface area contributed by atoms with E-state index in [0.717, 1.165) is 44.9 Å². The van der Waals surface area contributed by atoms with Crippen molar-refractivity contribution in [3.05, 3.63) is 0 Å². The van der Waals surface area contributed by atoms with Crippen LogP contribution in [0.5, 0.6) is 0 Å². The van der Waals surface area contributed by atoms with E-state index in [1.807, 2.05) is 27.7 Å². The summed E-state index contributed by atoms with van der Waals surface area (Å²) in [7, 11) is 1.30. The van der Waals surface area contributed by atoms with Gasteiger partial charge in [-0.25, -0.2) is 9.59 Å². The normalized spacial score (nSPS) is 21.5. The van der Waals surface area contributed by atoms with Crippen molar-refractivity contribution in [2.75, 3.05) is 13.7 Å². The minimum absolute atomic E-state index is 0.0182. The number of urea groups is 1. The van der Waals surface area contributed by atoms with Crippen LogP contribution in [0.1, 0.15) is 98.3 Å². The molecule has 0 spiro atoms. The molecular formula is C30H49N5O7. The molecule has 236 valence electrons. The van der Waals surface area contributed by atoms with Crippen LogP contribution in [0.3, 0.4) is 0 Å². The number of rotatable bonds is 12. The number of ether oxygens (including phenoxy) is 1. The lowest BCUT2D eigenvalue weighted by atomic mass is 9.82. The van der Waals surface area contributed by atoms with Crippen LogP contribution in [0.25, 0.3) is 0 Å². The first-order chi connectivity index (χ1) is 19.9. The summed E-state index contributed by atoms with van der Waals surface area (Å²) in [5.74, 6) is -2.92. The first-order valence-corrected chi connectivity index (χ1v) is 15.5. The molecule has 0 radical (unpaired) electrons. The standard InChI is InChI=1S/C30H49N5O7/c1-6-11-20(23(36)26(38)31-19-15-16-19)32-29(41)35-17-10-14-21(35)25(37)34-24(30(2,3)4)27(39)33-22(28(40)42-5)18-12-8-7-9-13-18/h18-22,24H,6-17H2,1-5H3,(H,31,38)(H,32,41)(H,33,39)(H,34,37)/t20-,21-,22-,24+/m0/s1. The Hall–Kier alpha value is -3.18. The maximum Gasteiger partial charge on any atom is 0.328 e. The first-order valence-electron chi connectivity index (χ1n) is 15.5. The molecule has 0 aromatic rings. The minimum atomic E-state index is -0.992. The second kappa shape index (κ2) is 14.8. The van der Waals surface area contributed by atoms with Gasteiger partial charge in [-0.05, 0) is 56.3 Å². The molecule has 12 nitrogen and oxygen atoms in total. The molecule has 3 rings (SSSR count). The summed E-state index contributed by atoms with van der Waals surface area (Å²) in [4.78, 5) is 79.5. The Kier molecular flexibility index (Phi) is 11.8. The summed E-state index contributed by atoms with van der Waals surface area (Å²) in [6, 6.07) is -4.21. The summed E-state index contributed by atoms with van der Waals surface area (Å²) in [5, 5.41) is 11.0. The predicted octanol–water partition coefficient (Wildman–Crippen LogP) is 1.95. The lowest BCUT2D eigenvalue weighted by Gasteiger charge is -2.35. The first kappa shape index (κ1) is 33.3. The molecule has 12 heteroatoms.